The number of likely N-dealkylation sites (N-methyl/N-ethyl adjacent to an activating group) is 1. The van der Waals surface area contributed by atoms with Gasteiger partial charge < -0.3 is 15.4 Å². The molecule has 0 aromatic heterocycles. The van der Waals surface area contributed by atoms with Crippen LogP contribution in [0.4, 0.5) is 4.79 Å². The second-order valence-electron chi connectivity index (χ2n) is 4.24. The molecule has 5 nitrogen and oxygen atoms in total. The first-order valence-corrected chi connectivity index (χ1v) is 5.87. The highest BCUT2D eigenvalue weighted by Crippen LogP contribution is 2.29. The number of carbonyl (C=O) groups excluding carboxylic acids is 1. The molecule has 0 spiro atoms. The van der Waals surface area contributed by atoms with Crippen LogP contribution in [-0.2, 0) is 0 Å². The van der Waals surface area contributed by atoms with Crippen LogP contribution < -0.4 is 10.5 Å². The number of nitrogens with zero attached hydrogens (tertiary/aromatic N) is 2. The second kappa shape index (κ2) is 4.68. The number of methoxy groups -OCH3 is 1. The molecule has 1 aromatic rings. The molecule has 1 atom stereocenters. The van der Waals surface area contributed by atoms with Crippen molar-refractivity contribution in [2.45, 2.75) is 19.9 Å². The molecule has 2 amide bonds. The van der Waals surface area contributed by atoms with Gasteiger partial charge in [0.1, 0.15) is 17.6 Å². The Bertz CT molecular complexity index is 511. The standard InChI is InChI=1S/C13H17N3O2/c1-4-16-11(12(14)15-13(16)17)9-5-6-10(18-3)8(2)7-9/h5-7,11H,4H2,1-3H3,(H2,14,15,17). The van der Waals surface area contributed by atoms with Gasteiger partial charge in [-0.2, -0.15) is 4.99 Å². The van der Waals surface area contributed by atoms with Gasteiger partial charge >= 0.3 is 6.03 Å². The minimum absolute atomic E-state index is 0.257. The van der Waals surface area contributed by atoms with E-state index in [-0.39, 0.29) is 12.1 Å². The van der Waals surface area contributed by atoms with Gasteiger partial charge in [-0.15, -0.1) is 0 Å². The van der Waals surface area contributed by atoms with Crippen LogP contribution in [0, 0.1) is 6.92 Å². The highest BCUT2D eigenvalue weighted by Gasteiger charge is 2.33. The Morgan fingerprint density at radius 3 is 2.78 bits per heavy atom. The summed E-state index contributed by atoms with van der Waals surface area (Å²) in [6.07, 6.45) is 0. The zero-order valence-electron chi connectivity index (χ0n) is 10.8. The third-order valence-corrected chi connectivity index (χ3v) is 3.14. The molecule has 0 bridgehead atoms. The Kier molecular flexibility index (Phi) is 3.23. The quantitative estimate of drug-likeness (QED) is 0.886. The topological polar surface area (TPSA) is 67.9 Å². The fraction of sp³-hybridized carbons (Fsp3) is 0.385. The number of aryl methyl sites for hydroxylation is 1. The number of rotatable bonds is 3. The molecule has 1 unspecified atom stereocenters. The molecular formula is C13H17N3O2. The summed E-state index contributed by atoms with van der Waals surface area (Å²) in [5.41, 5.74) is 7.82. The Morgan fingerprint density at radius 2 is 2.22 bits per heavy atom. The van der Waals surface area contributed by atoms with Crippen LogP contribution in [0.5, 0.6) is 5.75 Å². The zero-order chi connectivity index (χ0) is 13.3. The molecular weight excluding hydrogens is 230 g/mol. The van der Waals surface area contributed by atoms with Crippen molar-refractivity contribution in [1.82, 2.24) is 4.90 Å². The predicted molar refractivity (Wildman–Crippen MR) is 69.9 cm³/mol. The summed E-state index contributed by atoms with van der Waals surface area (Å²) >= 11 is 0. The van der Waals surface area contributed by atoms with Crippen molar-refractivity contribution in [3.8, 4) is 5.75 Å². The van der Waals surface area contributed by atoms with E-state index in [0.717, 1.165) is 16.9 Å². The van der Waals surface area contributed by atoms with Crippen LogP contribution in [0.1, 0.15) is 24.1 Å². The predicted octanol–water partition coefficient (Wildman–Crippen LogP) is 1.86. The van der Waals surface area contributed by atoms with E-state index in [0.29, 0.717) is 12.4 Å². The minimum atomic E-state index is -0.270. The first-order chi connectivity index (χ1) is 8.58. The van der Waals surface area contributed by atoms with Gasteiger partial charge in [0.25, 0.3) is 0 Å². The normalized spacial score (nSPS) is 19.1. The summed E-state index contributed by atoms with van der Waals surface area (Å²) in [6.45, 7) is 4.46. The van der Waals surface area contributed by atoms with E-state index in [2.05, 4.69) is 4.99 Å². The molecule has 1 aliphatic rings. The fourth-order valence-corrected chi connectivity index (χ4v) is 2.25. The summed E-state index contributed by atoms with van der Waals surface area (Å²) in [5, 5.41) is 0. The van der Waals surface area contributed by atoms with Crippen molar-refractivity contribution in [2.75, 3.05) is 13.7 Å². The van der Waals surface area contributed by atoms with Crippen LogP contribution in [0.2, 0.25) is 0 Å². The van der Waals surface area contributed by atoms with Crippen molar-refractivity contribution in [3.05, 3.63) is 29.3 Å². The number of aliphatic imine (C=N–C) groups is 1. The monoisotopic (exact) mass is 247 g/mol. The first kappa shape index (κ1) is 12.4. The molecule has 0 radical (unpaired) electrons. The van der Waals surface area contributed by atoms with E-state index in [4.69, 9.17) is 10.5 Å². The maximum absolute atomic E-state index is 11.6. The molecule has 0 aliphatic carbocycles. The molecule has 5 heteroatoms. The van der Waals surface area contributed by atoms with Gasteiger partial charge in [-0.05, 0) is 37.1 Å². The Morgan fingerprint density at radius 1 is 1.50 bits per heavy atom. The van der Waals surface area contributed by atoms with E-state index < -0.39 is 0 Å². The number of hydrogen-bond donors (Lipinski definition) is 1. The van der Waals surface area contributed by atoms with Gasteiger partial charge in [-0.25, -0.2) is 4.79 Å². The second-order valence-corrected chi connectivity index (χ2v) is 4.24. The Balaban J connectivity index is 2.39. The first-order valence-electron chi connectivity index (χ1n) is 5.87. The number of nitrogens with two attached hydrogens (primary N) is 1. The summed E-state index contributed by atoms with van der Waals surface area (Å²) in [6, 6.07) is 5.25. The lowest BCUT2D eigenvalue weighted by Gasteiger charge is -2.23. The Labute approximate surface area is 106 Å². The van der Waals surface area contributed by atoms with Crippen molar-refractivity contribution < 1.29 is 9.53 Å². The Hall–Kier alpha value is -2.04. The van der Waals surface area contributed by atoms with Crippen molar-refractivity contribution in [2.24, 2.45) is 10.7 Å². The molecule has 96 valence electrons. The van der Waals surface area contributed by atoms with Gasteiger partial charge in [-0.1, -0.05) is 6.07 Å². The van der Waals surface area contributed by atoms with E-state index >= 15 is 0 Å². The molecule has 0 fully saturated rings. The van der Waals surface area contributed by atoms with Gasteiger partial charge in [0.05, 0.1) is 7.11 Å². The number of amidine groups is 1. The van der Waals surface area contributed by atoms with Crippen molar-refractivity contribution >= 4 is 11.9 Å². The number of ether oxygens (including phenoxy) is 1. The molecule has 1 aliphatic heterocycles. The molecule has 1 heterocycles. The smallest absolute Gasteiger partial charge is 0.346 e. The average Bonchev–Trinajstić information content (AvgIpc) is 2.63. The third-order valence-electron chi connectivity index (χ3n) is 3.14. The SMILES string of the molecule is CCN1C(=O)N=C(N)C1c1ccc(OC)c(C)c1. The molecule has 1 aromatic carbocycles. The van der Waals surface area contributed by atoms with Gasteiger partial charge in [0, 0.05) is 6.54 Å². The largest absolute Gasteiger partial charge is 0.496 e. The number of urea groups is 1. The van der Waals surface area contributed by atoms with Crippen molar-refractivity contribution in [1.29, 1.82) is 0 Å². The zero-order valence-corrected chi connectivity index (χ0v) is 10.8. The fourth-order valence-electron chi connectivity index (χ4n) is 2.25. The lowest BCUT2D eigenvalue weighted by atomic mass is 10.0. The molecule has 0 saturated heterocycles. The number of amides is 2. The average molecular weight is 247 g/mol. The van der Waals surface area contributed by atoms with E-state index in [1.54, 1.807) is 12.0 Å². The number of carbonyl (C=O) groups is 1. The maximum Gasteiger partial charge on any atom is 0.346 e. The lowest BCUT2D eigenvalue weighted by molar-refractivity contribution is 0.210. The number of hydrogen-bond acceptors (Lipinski definition) is 3. The summed E-state index contributed by atoms with van der Waals surface area (Å²) in [7, 11) is 1.63. The number of benzene rings is 1. The van der Waals surface area contributed by atoms with E-state index in [9.17, 15) is 4.79 Å². The van der Waals surface area contributed by atoms with Crippen LogP contribution >= 0.6 is 0 Å². The molecule has 2 N–H and O–H groups in total. The van der Waals surface area contributed by atoms with Crippen LogP contribution in [0.3, 0.4) is 0 Å². The van der Waals surface area contributed by atoms with Crippen LogP contribution in [-0.4, -0.2) is 30.4 Å². The van der Waals surface area contributed by atoms with Gasteiger partial charge in [-0.3, -0.25) is 0 Å². The van der Waals surface area contributed by atoms with Gasteiger partial charge in [0.2, 0.25) is 0 Å². The van der Waals surface area contributed by atoms with E-state index in [1.807, 2.05) is 32.0 Å². The van der Waals surface area contributed by atoms with Crippen LogP contribution in [0.25, 0.3) is 0 Å². The molecule has 18 heavy (non-hydrogen) atoms. The summed E-state index contributed by atoms with van der Waals surface area (Å²) in [5.74, 6) is 1.17. The van der Waals surface area contributed by atoms with E-state index in [1.165, 1.54) is 0 Å². The highest BCUT2D eigenvalue weighted by atomic mass is 16.5. The van der Waals surface area contributed by atoms with Crippen molar-refractivity contribution in [3.63, 3.8) is 0 Å². The highest BCUT2D eigenvalue weighted by molar-refractivity contribution is 6.03. The molecule has 2 rings (SSSR count). The summed E-state index contributed by atoms with van der Waals surface area (Å²) < 4.78 is 5.22. The molecule has 0 saturated carbocycles. The maximum atomic E-state index is 11.6. The lowest BCUT2D eigenvalue weighted by Crippen LogP contribution is -2.33. The minimum Gasteiger partial charge on any atom is -0.496 e. The summed E-state index contributed by atoms with van der Waals surface area (Å²) in [4.78, 5) is 17.1. The third kappa shape index (κ3) is 1.92. The van der Waals surface area contributed by atoms with Crippen LogP contribution in [0.15, 0.2) is 23.2 Å². The van der Waals surface area contributed by atoms with Gasteiger partial charge in [0.15, 0.2) is 0 Å².